The van der Waals surface area contributed by atoms with Gasteiger partial charge in [0.25, 0.3) is 5.56 Å². The highest BCUT2D eigenvalue weighted by Gasteiger charge is 2.26. The highest BCUT2D eigenvalue weighted by Crippen LogP contribution is 2.32. The number of fused-ring (bicyclic) bond motifs is 3. The zero-order chi connectivity index (χ0) is 20.5. The van der Waals surface area contributed by atoms with Gasteiger partial charge in [-0.15, -0.1) is 11.3 Å². The molecule has 7 heteroatoms. The van der Waals surface area contributed by atoms with E-state index in [0.29, 0.717) is 5.92 Å². The Balaban J connectivity index is 1.87. The average molecular weight is 431 g/mol. The maximum atomic E-state index is 13.7. The molecule has 1 N–H and O–H groups in total. The Morgan fingerprint density at radius 2 is 2.07 bits per heavy atom. The van der Waals surface area contributed by atoms with E-state index in [1.807, 2.05) is 24.3 Å². The number of rotatable bonds is 6. The van der Waals surface area contributed by atoms with E-state index in [-0.39, 0.29) is 5.56 Å². The summed E-state index contributed by atoms with van der Waals surface area (Å²) in [5, 5.41) is 1.61. The SMILES string of the molecule is COc1ccc(-n2c(SCCC(C)C)nc3sc4c(c3c2=O)CC[NH+](C)C4)cc1. The standard InChI is InChI=1S/C22H27N3O2S2/c1-14(2)10-12-28-22-23-20-19(17-9-11-24(3)13-18(17)29-20)21(26)25(22)15-5-7-16(27-4)8-6-15/h5-8,14H,9-13H2,1-4H3/p+1. The van der Waals surface area contributed by atoms with Crippen LogP contribution >= 0.6 is 23.1 Å². The normalized spacial score (nSPS) is 16.4. The molecule has 0 saturated heterocycles. The van der Waals surface area contributed by atoms with E-state index in [1.165, 1.54) is 15.3 Å². The molecule has 1 aliphatic rings. The smallest absolute Gasteiger partial charge is 0.267 e. The molecular weight excluding hydrogens is 402 g/mol. The fourth-order valence-corrected chi connectivity index (χ4v) is 6.31. The van der Waals surface area contributed by atoms with E-state index in [0.717, 1.165) is 58.5 Å². The van der Waals surface area contributed by atoms with Gasteiger partial charge in [-0.2, -0.15) is 0 Å². The summed E-state index contributed by atoms with van der Waals surface area (Å²) in [6, 6.07) is 7.68. The number of quaternary nitrogens is 1. The first kappa shape index (κ1) is 20.4. The Kier molecular flexibility index (Phi) is 5.99. The van der Waals surface area contributed by atoms with Gasteiger partial charge in [-0.3, -0.25) is 9.36 Å². The zero-order valence-corrected chi connectivity index (χ0v) is 19.1. The number of nitrogens with zero attached hydrogens (tertiary/aromatic N) is 2. The molecule has 4 rings (SSSR count). The number of aromatic nitrogens is 2. The number of likely N-dealkylation sites (N-methyl/N-ethyl adjacent to an activating group) is 1. The van der Waals surface area contributed by atoms with E-state index in [2.05, 4.69) is 20.9 Å². The fraction of sp³-hybridized carbons (Fsp3) is 0.455. The van der Waals surface area contributed by atoms with Crippen LogP contribution in [0, 0.1) is 5.92 Å². The number of benzene rings is 1. The second-order valence-electron chi connectivity index (χ2n) is 8.08. The Labute approximate surface area is 179 Å². The van der Waals surface area contributed by atoms with Gasteiger partial charge in [0.15, 0.2) is 5.16 Å². The van der Waals surface area contributed by atoms with Crippen molar-refractivity contribution in [3.05, 3.63) is 45.1 Å². The lowest BCUT2D eigenvalue weighted by molar-refractivity contribution is -0.895. The highest BCUT2D eigenvalue weighted by atomic mass is 32.2. The molecule has 1 atom stereocenters. The lowest BCUT2D eigenvalue weighted by atomic mass is 10.1. The Hall–Kier alpha value is -1.83. The van der Waals surface area contributed by atoms with Gasteiger partial charge in [0.1, 0.15) is 17.1 Å². The van der Waals surface area contributed by atoms with Crippen LogP contribution in [0.1, 0.15) is 30.7 Å². The predicted molar refractivity (Wildman–Crippen MR) is 121 cm³/mol. The van der Waals surface area contributed by atoms with Crippen molar-refractivity contribution in [2.24, 2.45) is 5.92 Å². The van der Waals surface area contributed by atoms with Crippen molar-refractivity contribution in [2.45, 2.75) is 38.4 Å². The number of hydrogen-bond donors (Lipinski definition) is 1. The minimum Gasteiger partial charge on any atom is -0.497 e. The van der Waals surface area contributed by atoms with Gasteiger partial charge in [-0.1, -0.05) is 25.6 Å². The van der Waals surface area contributed by atoms with Crippen molar-refractivity contribution >= 4 is 33.3 Å². The summed E-state index contributed by atoms with van der Waals surface area (Å²) in [4.78, 5) is 22.4. The summed E-state index contributed by atoms with van der Waals surface area (Å²) >= 11 is 3.38. The van der Waals surface area contributed by atoms with Crippen LogP contribution in [0.5, 0.6) is 5.75 Å². The lowest BCUT2D eigenvalue weighted by Gasteiger charge is -2.19. The number of nitrogens with one attached hydrogen (secondary N) is 1. The molecule has 0 saturated carbocycles. The molecule has 3 aromatic rings. The van der Waals surface area contributed by atoms with Crippen LogP contribution in [0.15, 0.2) is 34.2 Å². The molecule has 1 aromatic carbocycles. The third kappa shape index (κ3) is 4.09. The van der Waals surface area contributed by atoms with E-state index in [1.54, 1.807) is 34.8 Å². The molecule has 154 valence electrons. The van der Waals surface area contributed by atoms with Gasteiger partial charge in [-0.25, -0.2) is 4.98 Å². The average Bonchev–Trinajstić information content (AvgIpc) is 3.05. The molecule has 0 spiro atoms. The zero-order valence-electron chi connectivity index (χ0n) is 17.4. The molecule has 0 bridgehead atoms. The largest absolute Gasteiger partial charge is 0.497 e. The molecule has 0 amide bonds. The summed E-state index contributed by atoms with van der Waals surface area (Å²) in [7, 11) is 3.86. The van der Waals surface area contributed by atoms with Gasteiger partial charge >= 0.3 is 0 Å². The quantitative estimate of drug-likeness (QED) is 0.482. The third-order valence-electron chi connectivity index (χ3n) is 5.40. The summed E-state index contributed by atoms with van der Waals surface area (Å²) in [6.07, 6.45) is 2.04. The van der Waals surface area contributed by atoms with E-state index in [4.69, 9.17) is 9.72 Å². The van der Waals surface area contributed by atoms with Crippen LogP contribution in [-0.4, -0.2) is 36.0 Å². The van der Waals surface area contributed by atoms with Crippen molar-refractivity contribution in [2.75, 3.05) is 26.5 Å². The fourth-order valence-electron chi connectivity index (χ4n) is 3.68. The second kappa shape index (κ2) is 8.50. The Morgan fingerprint density at radius 1 is 1.31 bits per heavy atom. The summed E-state index contributed by atoms with van der Waals surface area (Å²) in [5.41, 5.74) is 2.12. The van der Waals surface area contributed by atoms with Crippen molar-refractivity contribution < 1.29 is 9.64 Å². The monoisotopic (exact) mass is 430 g/mol. The maximum Gasteiger partial charge on any atom is 0.267 e. The first-order valence-electron chi connectivity index (χ1n) is 10.1. The van der Waals surface area contributed by atoms with Gasteiger partial charge in [-0.05, 0) is 42.2 Å². The molecule has 1 aliphatic heterocycles. The van der Waals surface area contributed by atoms with E-state index >= 15 is 0 Å². The molecule has 0 aliphatic carbocycles. The third-order valence-corrected chi connectivity index (χ3v) is 7.50. The lowest BCUT2D eigenvalue weighted by Crippen LogP contribution is -3.08. The molecule has 2 aromatic heterocycles. The van der Waals surface area contributed by atoms with Crippen LogP contribution in [0.4, 0.5) is 0 Å². The Morgan fingerprint density at radius 3 is 2.76 bits per heavy atom. The van der Waals surface area contributed by atoms with Crippen LogP contribution in [0.3, 0.4) is 0 Å². The Bertz CT molecular complexity index is 1070. The van der Waals surface area contributed by atoms with Crippen molar-refractivity contribution in [3.63, 3.8) is 0 Å². The number of methoxy groups -OCH3 is 1. The number of hydrogen-bond acceptors (Lipinski definition) is 5. The first-order valence-corrected chi connectivity index (χ1v) is 11.9. The van der Waals surface area contributed by atoms with Gasteiger partial charge in [0.2, 0.25) is 0 Å². The molecule has 0 fully saturated rings. The van der Waals surface area contributed by atoms with Crippen molar-refractivity contribution in [1.82, 2.24) is 9.55 Å². The predicted octanol–water partition coefficient (Wildman–Crippen LogP) is 3.16. The molecule has 1 unspecified atom stereocenters. The first-order chi connectivity index (χ1) is 14.0. The highest BCUT2D eigenvalue weighted by molar-refractivity contribution is 7.99. The van der Waals surface area contributed by atoms with Crippen molar-refractivity contribution in [1.29, 1.82) is 0 Å². The van der Waals surface area contributed by atoms with Gasteiger partial charge in [0, 0.05) is 12.2 Å². The molecule has 3 heterocycles. The van der Waals surface area contributed by atoms with Crippen LogP contribution in [0.2, 0.25) is 0 Å². The summed E-state index contributed by atoms with van der Waals surface area (Å²) < 4.78 is 7.09. The van der Waals surface area contributed by atoms with Crippen LogP contribution in [-0.2, 0) is 13.0 Å². The maximum absolute atomic E-state index is 13.7. The van der Waals surface area contributed by atoms with Crippen LogP contribution in [0.25, 0.3) is 15.9 Å². The molecule has 29 heavy (non-hydrogen) atoms. The second-order valence-corrected chi connectivity index (χ2v) is 10.2. The van der Waals surface area contributed by atoms with E-state index < -0.39 is 0 Å². The van der Waals surface area contributed by atoms with Gasteiger partial charge in [0.05, 0.1) is 36.7 Å². The topological polar surface area (TPSA) is 48.6 Å². The van der Waals surface area contributed by atoms with E-state index in [9.17, 15) is 4.79 Å². The number of ether oxygens (including phenoxy) is 1. The van der Waals surface area contributed by atoms with Crippen LogP contribution < -0.4 is 15.2 Å². The minimum absolute atomic E-state index is 0.0595. The molecule has 5 nitrogen and oxygen atoms in total. The molecule has 0 radical (unpaired) electrons. The number of thioether (sulfide) groups is 1. The minimum atomic E-state index is 0.0595. The summed E-state index contributed by atoms with van der Waals surface area (Å²) in [6.45, 7) is 6.49. The number of thiophene rings is 1. The molecular formula is C22H28N3O2S2+. The summed E-state index contributed by atoms with van der Waals surface area (Å²) in [5.74, 6) is 2.35. The van der Waals surface area contributed by atoms with Gasteiger partial charge < -0.3 is 9.64 Å². The van der Waals surface area contributed by atoms with Crippen molar-refractivity contribution in [3.8, 4) is 11.4 Å².